The van der Waals surface area contributed by atoms with Crippen molar-refractivity contribution in [3.8, 4) is 0 Å². The van der Waals surface area contributed by atoms with Crippen LogP contribution in [-0.2, 0) is 12.8 Å². The summed E-state index contributed by atoms with van der Waals surface area (Å²) in [5.41, 5.74) is 3.34. The molecule has 0 radical (unpaired) electrons. The fourth-order valence-electron chi connectivity index (χ4n) is 2.67. The van der Waals surface area contributed by atoms with Crippen LogP contribution in [0.1, 0.15) is 41.2 Å². The van der Waals surface area contributed by atoms with E-state index in [1.54, 1.807) is 19.1 Å². The zero-order chi connectivity index (χ0) is 18.5. The van der Waals surface area contributed by atoms with Crippen molar-refractivity contribution in [1.82, 2.24) is 15.1 Å². The van der Waals surface area contributed by atoms with Gasteiger partial charge in [0, 0.05) is 18.0 Å². The molecule has 2 N–H and O–H groups in total. The Bertz CT molecular complexity index is 898. The minimum atomic E-state index is -0.276. The highest BCUT2D eigenvalue weighted by Gasteiger charge is 2.14. The van der Waals surface area contributed by atoms with Crippen molar-refractivity contribution in [3.63, 3.8) is 0 Å². The SMILES string of the molecule is CCc1cccc(CC)c1NC(=O)c1ccnc(Nc2cc(C)on2)n1. The Morgan fingerprint density at radius 3 is 2.50 bits per heavy atom. The third kappa shape index (κ3) is 3.88. The molecule has 1 amide bonds. The Labute approximate surface area is 151 Å². The average Bonchev–Trinajstić information content (AvgIpc) is 3.06. The number of carbonyl (C=O) groups is 1. The van der Waals surface area contributed by atoms with Crippen molar-refractivity contribution in [2.45, 2.75) is 33.6 Å². The van der Waals surface area contributed by atoms with Crippen LogP contribution in [0.15, 0.2) is 41.1 Å². The van der Waals surface area contributed by atoms with Crippen molar-refractivity contribution in [2.75, 3.05) is 10.6 Å². The minimum absolute atomic E-state index is 0.274. The lowest BCUT2D eigenvalue weighted by Gasteiger charge is -2.14. The van der Waals surface area contributed by atoms with Crippen LogP contribution in [0.2, 0.25) is 0 Å². The number of amides is 1. The van der Waals surface area contributed by atoms with E-state index < -0.39 is 0 Å². The minimum Gasteiger partial charge on any atom is -0.360 e. The number of anilines is 3. The highest BCUT2D eigenvalue weighted by Crippen LogP contribution is 2.23. The molecule has 0 aliphatic rings. The highest BCUT2D eigenvalue weighted by molar-refractivity contribution is 6.03. The summed E-state index contributed by atoms with van der Waals surface area (Å²) in [6, 6.07) is 9.36. The third-order valence-corrected chi connectivity index (χ3v) is 3.99. The molecule has 26 heavy (non-hydrogen) atoms. The molecule has 3 rings (SSSR count). The van der Waals surface area contributed by atoms with Gasteiger partial charge in [-0.3, -0.25) is 4.79 Å². The Kier molecular flexibility index (Phi) is 5.26. The smallest absolute Gasteiger partial charge is 0.274 e. The summed E-state index contributed by atoms with van der Waals surface area (Å²) in [6.07, 6.45) is 3.21. The molecule has 0 spiro atoms. The number of aromatic nitrogens is 3. The number of rotatable bonds is 6. The molecule has 134 valence electrons. The maximum absolute atomic E-state index is 12.7. The van der Waals surface area contributed by atoms with Crippen molar-refractivity contribution >= 4 is 23.4 Å². The van der Waals surface area contributed by atoms with Gasteiger partial charge < -0.3 is 15.2 Å². The maximum atomic E-state index is 12.7. The molecule has 0 aliphatic carbocycles. The van der Waals surface area contributed by atoms with Crippen LogP contribution in [0.3, 0.4) is 0 Å². The summed E-state index contributed by atoms with van der Waals surface area (Å²) in [7, 11) is 0. The molecule has 1 aromatic carbocycles. The number of benzene rings is 1. The summed E-state index contributed by atoms with van der Waals surface area (Å²) in [5.74, 6) is 1.17. The predicted molar refractivity (Wildman–Crippen MR) is 99.7 cm³/mol. The number of nitrogens with zero attached hydrogens (tertiary/aromatic N) is 3. The third-order valence-electron chi connectivity index (χ3n) is 3.99. The number of nitrogens with one attached hydrogen (secondary N) is 2. The molecular weight excluding hydrogens is 330 g/mol. The van der Waals surface area contributed by atoms with E-state index in [1.165, 1.54) is 6.20 Å². The van der Waals surface area contributed by atoms with Gasteiger partial charge in [0.15, 0.2) is 5.82 Å². The summed E-state index contributed by atoms with van der Waals surface area (Å²) < 4.78 is 5.00. The van der Waals surface area contributed by atoms with Gasteiger partial charge in [0.25, 0.3) is 5.91 Å². The van der Waals surface area contributed by atoms with Crippen LogP contribution in [0.25, 0.3) is 0 Å². The molecule has 3 aromatic rings. The Balaban J connectivity index is 1.82. The molecule has 0 atom stereocenters. The molecule has 0 unspecified atom stereocenters. The lowest BCUT2D eigenvalue weighted by atomic mass is 10.0. The zero-order valence-corrected chi connectivity index (χ0v) is 15.0. The van der Waals surface area contributed by atoms with Crippen LogP contribution in [-0.4, -0.2) is 21.0 Å². The fourth-order valence-corrected chi connectivity index (χ4v) is 2.67. The topological polar surface area (TPSA) is 92.9 Å². The lowest BCUT2D eigenvalue weighted by Crippen LogP contribution is -2.17. The monoisotopic (exact) mass is 351 g/mol. The zero-order valence-electron chi connectivity index (χ0n) is 15.0. The van der Waals surface area contributed by atoms with E-state index in [4.69, 9.17) is 4.52 Å². The van der Waals surface area contributed by atoms with Crippen molar-refractivity contribution in [1.29, 1.82) is 0 Å². The first kappa shape index (κ1) is 17.6. The van der Waals surface area contributed by atoms with Gasteiger partial charge in [-0.15, -0.1) is 0 Å². The van der Waals surface area contributed by atoms with Crippen LogP contribution in [0, 0.1) is 6.92 Å². The predicted octanol–water partition coefficient (Wildman–Crippen LogP) is 3.89. The van der Waals surface area contributed by atoms with Gasteiger partial charge in [0.05, 0.1) is 0 Å². The summed E-state index contributed by atoms with van der Waals surface area (Å²) in [5, 5.41) is 9.76. The summed E-state index contributed by atoms with van der Waals surface area (Å²) in [4.78, 5) is 21.1. The number of carbonyl (C=O) groups excluding carboxylic acids is 1. The normalized spacial score (nSPS) is 10.6. The first-order valence-corrected chi connectivity index (χ1v) is 8.56. The van der Waals surface area contributed by atoms with E-state index in [0.717, 1.165) is 29.7 Å². The van der Waals surface area contributed by atoms with Gasteiger partial charge in [-0.1, -0.05) is 37.2 Å². The van der Waals surface area contributed by atoms with E-state index in [1.807, 2.05) is 18.2 Å². The second kappa shape index (κ2) is 7.77. The van der Waals surface area contributed by atoms with Gasteiger partial charge >= 0.3 is 0 Å². The fraction of sp³-hybridized carbons (Fsp3) is 0.263. The number of para-hydroxylation sites is 1. The number of hydrogen-bond acceptors (Lipinski definition) is 6. The van der Waals surface area contributed by atoms with E-state index in [2.05, 4.69) is 39.6 Å². The van der Waals surface area contributed by atoms with Crippen LogP contribution in [0.4, 0.5) is 17.5 Å². The van der Waals surface area contributed by atoms with Crippen LogP contribution >= 0.6 is 0 Å². The molecule has 0 bridgehead atoms. The number of aryl methyl sites for hydroxylation is 3. The van der Waals surface area contributed by atoms with E-state index >= 15 is 0 Å². The van der Waals surface area contributed by atoms with Gasteiger partial charge in [-0.05, 0) is 37.0 Å². The second-order valence-corrected chi connectivity index (χ2v) is 5.83. The highest BCUT2D eigenvalue weighted by atomic mass is 16.5. The molecule has 0 fully saturated rings. The van der Waals surface area contributed by atoms with Crippen LogP contribution < -0.4 is 10.6 Å². The Morgan fingerprint density at radius 2 is 1.88 bits per heavy atom. The maximum Gasteiger partial charge on any atom is 0.274 e. The van der Waals surface area contributed by atoms with Crippen LogP contribution in [0.5, 0.6) is 0 Å². The van der Waals surface area contributed by atoms with Crippen molar-refractivity contribution in [3.05, 3.63) is 59.1 Å². The Hall–Kier alpha value is -3.22. The molecule has 0 saturated heterocycles. The average molecular weight is 351 g/mol. The van der Waals surface area contributed by atoms with Crippen molar-refractivity contribution in [2.24, 2.45) is 0 Å². The molecule has 0 saturated carbocycles. The quantitative estimate of drug-likeness (QED) is 0.700. The summed E-state index contributed by atoms with van der Waals surface area (Å²) in [6.45, 7) is 5.92. The van der Waals surface area contributed by atoms with E-state index in [-0.39, 0.29) is 17.5 Å². The molecule has 2 aromatic heterocycles. The van der Waals surface area contributed by atoms with E-state index in [9.17, 15) is 4.79 Å². The Morgan fingerprint density at radius 1 is 1.15 bits per heavy atom. The van der Waals surface area contributed by atoms with E-state index in [0.29, 0.717) is 11.6 Å². The summed E-state index contributed by atoms with van der Waals surface area (Å²) >= 11 is 0. The largest absolute Gasteiger partial charge is 0.360 e. The molecule has 7 nitrogen and oxygen atoms in total. The lowest BCUT2D eigenvalue weighted by molar-refractivity contribution is 0.102. The van der Waals surface area contributed by atoms with Gasteiger partial charge in [0.2, 0.25) is 5.95 Å². The molecule has 7 heteroatoms. The van der Waals surface area contributed by atoms with Gasteiger partial charge in [0.1, 0.15) is 11.5 Å². The van der Waals surface area contributed by atoms with Gasteiger partial charge in [-0.25, -0.2) is 9.97 Å². The molecular formula is C19H21N5O2. The molecule has 2 heterocycles. The first-order valence-electron chi connectivity index (χ1n) is 8.56. The van der Waals surface area contributed by atoms with Crippen molar-refractivity contribution < 1.29 is 9.32 Å². The first-order chi connectivity index (χ1) is 12.6. The standard InChI is InChI=1S/C19H21N5O2/c1-4-13-7-6-8-14(5-2)17(13)23-18(25)15-9-10-20-19(21-15)22-16-11-12(3)26-24-16/h6-11H,4-5H2,1-3H3,(H,23,25)(H,20,21,22,24). The second-order valence-electron chi connectivity index (χ2n) is 5.83. The molecule has 0 aliphatic heterocycles. The van der Waals surface area contributed by atoms with Gasteiger partial charge in [-0.2, -0.15) is 0 Å². The number of hydrogen-bond donors (Lipinski definition) is 2.